The number of halogens is 1. The number of allylic oxidation sites excluding steroid dienone is 1. The molecule has 0 spiro atoms. The van der Waals surface area contributed by atoms with Crippen LogP contribution in [0.2, 0.25) is 19.6 Å². The van der Waals surface area contributed by atoms with E-state index in [1.54, 1.807) is 5.20 Å². The summed E-state index contributed by atoms with van der Waals surface area (Å²) in [5.41, 5.74) is 4.33. The predicted molar refractivity (Wildman–Crippen MR) is 98.4 cm³/mol. The van der Waals surface area contributed by atoms with Gasteiger partial charge in [0.2, 0.25) is 0 Å². The Hall–Kier alpha value is -1.12. The van der Waals surface area contributed by atoms with E-state index >= 15 is 0 Å². The molecule has 0 nitrogen and oxygen atoms in total. The molecule has 0 aliphatic heterocycles. The molecule has 0 fully saturated rings. The van der Waals surface area contributed by atoms with Crippen molar-refractivity contribution < 1.29 is 0 Å². The molecule has 3 rings (SSSR count). The monoisotopic (exact) mass is 356 g/mol. The van der Waals surface area contributed by atoms with Gasteiger partial charge in [0.1, 0.15) is 0 Å². The van der Waals surface area contributed by atoms with Crippen molar-refractivity contribution in [3.8, 4) is 0 Å². The van der Waals surface area contributed by atoms with E-state index in [1.807, 2.05) is 0 Å². The first-order chi connectivity index (χ1) is 9.97. The van der Waals surface area contributed by atoms with Crippen molar-refractivity contribution >= 4 is 30.1 Å². The smallest absolute Gasteiger partial charge is 0.0728 e. The minimum absolute atomic E-state index is 0.548. The van der Waals surface area contributed by atoms with E-state index in [4.69, 9.17) is 0 Å². The van der Waals surface area contributed by atoms with E-state index in [1.165, 1.54) is 21.2 Å². The van der Waals surface area contributed by atoms with Crippen LogP contribution >= 0.6 is 15.9 Å². The second kappa shape index (κ2) is 5.58. The van der Waals surface area contributed by atoms with Crippen LogP contribution in [0.5, 0.6) is 0 Å². The van der Waals surface area contributed by atoms with Crippen molar-refractivity contribution in [2.24, 2.45) is 0 Å². The van der Waals surface area contributed by atoms with Crippen LogP contribution in [0.15, 0.2) is 58.2 Å². The van der Waals surface area contributed by atoms with E-state index in [2.05, 4.69) is 90.2 Å². The molecule has 0 amide bonds. The second-order valence-electron chi connectivity index (χ2n) is 6.83. The first kappa shape index (κ1) is 14.8. The number of fused-ring (bicyclic) bond motifs is 1. The summed E-state index contributed by atoms with van der Waals surface area (Å²) >= 11 is 3.71. The highest BCUT2D eigenvalue weighted by Crippen LogP contribution is 2.43. The van der Waals surface area contributed by atoms with Gasteiger partial charge in [0, 0.05) is 10.4 Å². The Kier molecular flexibility index (Phi) is 3.93. The van der Waals surface area contributed by atoms with Gasteiger partial charge >= 0.3 is 0 Å². The van der Waals surface area contributed by atoms with Crippen LogP contribution < -0.4 is 0 Å². The molecule has 2 heteroatoms. The summed E-state index contributed by atoms with van der Waals surface area (Å²) in [5.74, 6) is 0.548. The topological polar surface area (TPSA) is 0 Å². The maximum Gasteiger partial charge on any atom is 0.0732 e. The van der Waals surface area contributed by atoms with Crippen LogP contribution in [-0.2, 0) is 6.42 Å². The molecule has 1 atom stereocenters. The molecule has 2 aromatic carbocycles. The average Bonchev–Trinajstić information content (AvgIpc) is 2.80. The van der Waals surface area contributed by atoms with Crippen molar-refractivity contribution in [1.29, 1.82) is 0 Å². The van der Waals surface area contributed by atoms with Gasteiger partial charge in [0.15, 0.2) is 0 Å². The van der Waals surface area contributed by atoms with Gasteiger partial charge in [-0.15, -0.1) is 0 Å². The quantitative estimate of drug-likeness (QED) is 0.587. The van der Waals surface area contributed by atoms with Crippen LogP contribution in [0, 0.1) is 0 Å². The Labute approximate surface area is 137 Å². The average molecular weight is 357 g/mol. The zero-order valence-corrected chi connectivity index (χ0v) is 15.4. The van der Waals surface area contributed by atoms with Crippen molar-refractivity contribution in [3.63, 3.8) is 0 Å². The summed E-state index contributed by atoms with van der Waals surface area (Å²) in [6, 6.07) is 17.5. The fourth-order valence-corrected chi connectivity index (χ4v) is 5.58. The van der Waals surface area contributed by atoms with E-state index in [0.29, 0.717) is 5.92 Å². The fourth-order valence-electron chi connectivity index (χ4n) is 3.24. The molecule has 1 aliphatic carbocycles. The normalized spacial score (nSPS) is 17.5. The van der Waals surface area contributed by atoms with Crippen LogP contribution in [-0.4, -0.2) is 8.07 Å². The summed E-state index contributed by atoms with van der Waals surface area (Å²) in [7, 11) is -1.31. The Morgan fingerprint density at radius 2 is 1.62 bits per heavy atom. The van der Waals surface area contributed by atoms with Crippen molar-refractivity contribution in [3.05, 3.63) is 74.9 Å². The number of benzene rings is 2. The first-order valence-electron chi connectivity index (χ1n) is 7.51. The van der Waals surface area contributed by atoms with Crippen molar-refractivity contribution in [2.75, 3.05) is 0 Å². The second-order valence-corrected chi connectivity index (χ2v) is 12.8. The summed E-state index contributed by atoms with van der Waals surface area (Å²) in [6.45, 7) is 7.37. The molecule has 0 radical (unpaired) electrons. The van der Waals surface area contributed by atoms with Crippen LogP contribution in [0.25, 0.3) is 6.08 Å². The van der Waals surface area contributed by atoms with Gasteiger partial charge in [-0.3, -0.25) is 0 Å². The Morgan fingerprint density at radius 3 is 2.33 bits per heavy atom. The molecule has 0 aromatic heterocycles. The number of rotatable bonds is 3. The highest BCUT2D eigenvalue weighted by atomic mass is 79.9. The van der Waals surface area contributed by atoms with Crippen molar-refractivity contribution in [1.82, 2.24) is 0 Å². The van der Waals surface area contributed by atoms with Crippen LogP contribution in [0.4, 0.5) is 0 Å². The summed E-state index contributed by atoms with van der Waals surface area (Å²) in [5, 5.41) is 1.68. The Balaban J connectivity index is 2.02. The zero-order valence-electron chi connectivity index (χ0n) is 12.9. The highest BCUT2D eigenvalue weighted by Gasteiger charge is 2.33. The van der Waals surface area contributed by atoms with Crippen molar-refractivity contribution in [2.45, 2.75) is 32.0 Å². The molecule has 0 bridgehead atoms. The molecule has 21 heavy (non-hydrogen) atoms. The molecule has 0 N–H and O–H groups in total. The van der Waals surface area contributed by atoms with Gasteiger partial charge in [-0.25, -0.2) is 0 Å². The van der Waals surface area contributed by atoms with Gasteiger partial charge in [-0.2, -0.15) is 0 Å². The fraction of sp³-hybridized carbons (Fsp3) is 0.263. The molecule has 0 saturated carbocycles. The molecule has 108 valence electrons. The molecule has 1 unspecified atom stereocenters. The number of hydrogen-bond donors (Lipinski definition) is 0. The van der Waals surface area contributed by atoms with Gasteiger partial charge in [0.25, 0.3) is 0 Å². The Bertz CT molecular complexity index is 695. The first-order valence-corrected chi connectivity index (χ1v) is 11.8. The van der Waals surface area contributed by atoms with Gasteiger partial charge in [-0.05, 0) is 29.2 Å². The lowest BCUT2D eigenvalue weighted by molar-refractivity contribution is 0.826. The van der Waals surface area contributed by atoms with Gasteiger partial charge < -0.3 is 0 Å². The largest absolute Gasteiger partial charge is 0.0732 e. The number of hydrogen-bond acceptors (Lipinski definition) is 0. The lowest BCUT2D eigenvalue weighted by Crippen LogP contribution is -2.27. The highest BCUT2D eigenvalue weighted by molar-refractivity contribution is 9.10. The molecular weight excluding hydrogens is 336 g/mol. The molecule has 0 saturated heterocycles. The summed E-state index contributed by atoms with van der Waals surface area (Å²) in [6.07, 6.45) is 3.55. The van der Waals surface area contributed by atoms with Crippen LogP contribution in [0.3, 0.4) is 0 Å². The third kappa shape index (κ3) is 2.92. The van der Waals surface area contributed by atoms with Gasteiger partial charge in [-0.1, -0.05) is 89.3 Å². The summed E-state index contributed by atoms with van der Waals surface area (Å²) in [4.78, 5) is 0. The Morgan fingerprint density at radius 1 is 0.952 bits per heavy atom. The minimum Gasteiger partial charge on any atom is -0.0728 e. The molecular formula is C19H21BrSi. The lowest BCUT2D eigenvalue weighted by atomic mass is 9.93. The van der Waals surface area contributed by atoms with E-state index in [9.17, 15) is 0 Å². The molecule has 2 aromatic rings. The molecule has 1 aliphatic rings. The maximum atomic E-state index is 3.71. The molecule has 0 heterocycles. The van der Waals surface area contributed by atoms with Crippen LogP contribution in [0.1, 0.15) is 22.6 Å². The van der Waals surface area contributed by atoms with E-state index < -0.39 is 8.07 Å². The third-order valence-electron chi connectivity index (χ3n) is 4.31. The lowest BCUT2D eigenvalue weighted by Gasteiger charge is -2.26. The SMILES string of the molecule is C[Si](C)(C)C1=Cc2ccccc2C1Cc1ccccc1Br. The van der Waals surface area contributed by atoms with E-state index in [-0.39, 0.29) is 0 Å². The standard InChI is InChI=1S/C19H21BrSi/c1-21(2,3)19-13-14-8-4-6-10-16(14)17(19)12-15-9-5-7-11-18(15)20/h4-11,13,17H,12H2,1-3H3. The summed E-state index contributed by atoms with van der Waals surface area (Å²) < 4.78 is 1.23. The third-order valence-corrected chi connectivity index (χ3v) is 7.30. The minimum atomic E-state index is -1.31. The van der Waals surface area contributed by atoms with E-state index in [0.717, 1.165) is 6.42 Å². The zero-order chi connectivity index (χ0) is 15.0. The maximum absolute atomic E-state index is 3.71. The van der Waals surface area contributed by atoms with Gasteiger partial charge in [0.05, 0.1) is 8.07 Å². The predicted octanol–water partition coefficient (Wildman–Crippen LogP) is 6.05.